The van der Waals surface area contributed by atoms with Gasteiger partial charge in [0.15, 0.2) is 5.84 Å². The number of likely N-dealkylation sites (tertiary alicyclic amines) is 1. The van der Waals surface area contributed by atoms with Gasteiger partial charge in [-0.2, -0.15) is 0 Å². The van der Waals surface area contributed by atoms with Gasteiger partial charge in [0.05, 0.1) is 0 Å². The first kappa shape index (κ1) is 22.7. The third-order valence-electron chi connectivity index (χ3n) is 4.96. The number of benzene rings is 1. The molecule has 1 fully saturated rings. The number of rotatable bonds is 3. The van der Waals surface area contributed by atoms with Gasteiger partial charge >= 0.3 is 0 Å². The minimum absolute atomic E-state index is 0.153. The van der Waals surface area contributed by atoms with E-state index >= 15 is 0 Å². The number of halogens is 6. The molecule has 0 amide bonds. The van der Waals surface area contributed by atoms with Crippen LogP contribution in [0.3, 0.4) is 0 Å². The monoisotopic (exact) mass is 502 g/mol. The van der Waals surface area contributed by atoms with Crippen LogP contribution in [0.25, 0.3) is 0 Å². The van der Waals surface area contributed by atoms with E-state index in [1.807, 2.05) is 12.1 Å². The fourth-order valence-electron chi connectivity index (χ4n) is 3.43. The van der Waals surface area contributed by atoms with E-state index in [0.29, 0.717) is 24.1 Å². The Morgan fingerprint density at radius 2 is 1.82 bits per heavy atom. The summed E-state index contributed by atoms with van der Waals surface area (Å²) in [6, 6.07) is 7.67. The van der Waals surface area contributed by atoms with Crippen molar-refractivity contribution in [1.29, 1.82) is 0 Å². The fourth-order valence-corrected chi connectivity index (χ4v) is 4.09. The Kier molecular flexibility index (Phi) is 7.35. The van der Waals surface area contributed by atoms with E-state index in [4.69, 9.17) is 69.6 Å². The first-order chi connectivity index (χ1) is 13.1. The largest absolute Gasteiger partial charge is 0.335 e. The van der Waals surface area contributed by atoms with Crippen molar-refractivity contribution in [3.63, 3.8) is 0 Å². The van der Waals surface area contributed by atoms with Crippen LogP contribution < -0.4 is 0 Å². The zero-order chi connectivity index (χ0) is 20.5. The lowest BCUT2D eigenvalue weighted by Crippen LogP contribution is -2.48. The zero-order valence-electron chi connectivity index (χ0n) is 15.2. The first-order valence-corrected chi connectivity index (χ1v) is 11.2. The third-order valence-corrected chi connectivity index (χ3v) is 6.12. The number of amidine groups is 2. The van der Waals surface area contributed by atoms with Crippen molar-refractivity contribution in [2.45, 2.75) is 32.9 Å². The van der Waals surface area contributed by atoms with E-state index < -0.39 is 7.59 Å². The lowest BCUT2D eigenvalue weighted by molar-refractivity contribution is 0.157. The number of hydrogen-bond donors (Lipinski definition) is 0. The Bertz CT molecular complexity index is 768. The van der Waals surface area contributed by atoms with Crippen LogP contribution in [-0.2, 0) is 3.79 Å². The van der Waals surface area contributed by atoms with Crippen LogP contribution >= 0.6 is 69.6 Å². The highest BCUT2D eigenvalue weighted by atomic mass is 35.6. The predicted molar refractivity (Wildman–Crippen MR) is 122 cm³/mol. The Balaban J connectivity index is 1.95. The fraction of sp³-hybridized carbons (Fsp3) is 0.556. The van der Waals surface area contributed by atoms with Crippen LogP contribution in [-0.4, -0.2) is 58.1 Å². The van der Waals surface area contributed by atoms with Gasteiger partial charge in [-0.1, -0.05) is 94.2 Å². The maximum atomic E-state index is 6.07. The maximum absolute atomic E-state index is 6.07. The average molecular weight is 505 g/mol. The van der Waals surface area contributed by atoms with E-state index in [9.17, 15) is 0 Å². The lowest BCUT2D eigenvalue weighted by Gasteiger charge is -2.38. The van der Waals surface area contributed by atoms with Crippen molar-refractivity contribution in [1.82, 2.24) is 9.80 Å². The summed E-state index contributed by atoms with van der Waals surface area (Å²) in [5, 5.41) is 0. The molecule has 2 aliphatic rings. The van der Waals surface area contributed by atoms with E-state index in [1.54, 1.807) is 12.1 Å². The topological polar surface area (TPSA) is 31.2 Å². The Morgan fingerprint density at radius 1 is 1.07 bits per heavy atom. The smallest absolute Gasteiger partial charge is 0.249 e. The molecule has 1 saturated heterocycles. The van der Waals surface area contributed by atoms with Crippen LogP contribution in [0.1, 0.15) is 30.4 Å². The Hall–Kier alpha value is 0.0600. The highest BCUT2D eigenvalue weighted by Gasteiger charge is 2.34. The van der Waals surface area contributed by atoms with Crippen molar-refractivity contribution in [3.8, 4) is 0 Å². The summed E-state index contributed by atoms with van der Waals surface area (Å²) in [6.07, 6.45) is 3.55. The molecular formula is C18H20Cl6N4. The number of nitrogens with zero attached hydrogens (tertiary/aromatic N) is 4. The van der Waals surface area contributed by atoms with Crippen molar-refractivity contribution in [3.05, 3.63) is 35.4 Å². The van der Waals surface area contributed by atoms with Gasteiger partial charge in [0, 0.05) is 23.7 Å². The molecule has 0 N–H and O–H groups in total. The van der Waals surface area contributed by atoms with Gasteiger partial charge in [0.25, 0.3) is 0 Å². The van der Waals surface area contributed by atoms with Gasteiger partial charge in [0.2, 0.25) is 7.59 Å². The quantitative estimate of drug-likeness (QED) is 0.488. The van der Waals surface area contributed by atoms with Crippen molar-refractivity contribution >= 4 is 81.3 Å². The normalized spacial score (nSPS) is 22.1. The predicted octanol–water partition coefficient (Wildman–Crippen LogP) is 5.79. The summed E-state index contributed by atoms with van der Waals surface area (Å²) in [6.45, 7) is 2.20. The summed E-state index contributed by atoms with van der Waals surface area (Å²) in [5.41, 5.74) is 1.33. The van der Waals surface area contributed by atoms with Crippen molar-refractivity contribution in [2.75, 3.05) is 26.8 Å². The van der Waals surface area contributed by atoms with Crippen LogP contribution in [0.2, 0.25) is 0 Å². The van der Waals surface area contributed by atoms with Gasteiger partial charge in [-0.3, -0.25) is 0 Å². The Labute approximate surface area is 195 Å². The summed E-state index contributed by atoms with van der Waals surface area (Å²) in [5.74, 6) is 0.812. The molecule has 0 bridgehead atoms. The molecule has 0 spiro atoms. The SMILES string of the molecule is CN1CCCCC1CN1CN=C(C(Cl)(Cl)Cl)N=C1c1cccc(C(Cl)(Cl)Cl)c1. The standard InChI is InChI=1S/C18H20Cl6N4/c1-27-8-3-2-7-14(27)10-28-11-25-16(18(22,23)24)26-15(28)12-5-4-6-13(9-12)17(19,20)21/h4-6,9,14H,2-3,7-8,10-11H2,1H3. The van der Waals surface area contributed by atoms with Crippen molar-refractivity contribution in [2.24, 2.45) is 9.98 Å². The molecule has 4 nitrogen and oxygen atoms in total. The lowest BCUT2D eigenvalue weighted by atomic mass is 10.0. The van der Waals surface area contributed by atoms with E-state index in [2.05, 4.69) is 26.8 Å². The molecule has 154 valence electrons. The summed E-state index contributed by atoms with van der Waals surface area (Å²) >= 11 is 36.3. The molecule has 2 aliphatic heterocycles. The molecule has 1 aromatic carbocycles. The van der Waals surface area contributed by atoms with Gasteiger partial charge in [-0.05, 0) is 32.5 Å². The third kappa shape index (κ3) is 5.60. The minimum atomic E-state index is -1.70. The van der Waals surface area contributed by atoms with Crippen LogP contribution in [0.5, 0.6) is 0 Å². The molecule has 2 heterocycles. The summed E-state index contributed by atoms with van der Waals surface area (Å²) in [4.78, 5) is 13.4. The van der Waals surface area contributed by atoms with E-state index in [0.717, 1.165) is 25.1 Å². The number of alkyl halides is 6. The van der Waals surface area contributed by atoms with Gasteiger partial charge in [-0.25, -0.2) is 9.98 Å². The minimum Gasteiger partial charge on any atom is -0.335 e. The average Bonchev–Trinajstić information content (AvgIpc) is 2.62. The molecule has 10 heteroatoms. The summed E-state index contributed by atoms with van der Waals surface area (Å²) in [7, 11) is 2.14. The molecule has 0 saturated carbocycles. The molecule has 1 atom stereocenters. The van der Waals surface area contributed by atoms with Crippen LogP contribution in [0.4, 0.5) is 0 Å². The van der Waals surface area contributed by atoms with Crippen LogP contribution in [0, 0.1) is 0 Å². The molecule has 0 aromatic heterocycles. The first-order valence-electron chi connectivity index (χ1n) is 8.89. The molecular weight excluding hydrogens is 485 g/mol. The maximum Gasteiger partial charge on any atom is 0.249 e. The number of piperidine rings is 1. The summed E-state index contributed by atoms with van der Waals surface area (Å²) < 4.78 is -3.24. The van der Waals surface area contributed by atoms with Crippen LogP contribution in [0.15, 0.2) is 34.3 Å². The Morgan fingerprint density at radius 3 is 2.46 bits per heavy atom. The second-order valence-corrected chi connectivity index (χ2v) is 11.5. The highest BCUT2D eigenvalue weighted by molar-refractivity contribution is 6.77. The van der Waals surface area contributed by atoms with E-state index in [-0.39, 0.29) is 5.84 Å². The molecule has 3 rings (SSSR count). The number of hydrogen-bond acceptors (Lipinski definition) is 4. The second-order valence-electron chi connectivity index (χ2n) is 6.99. The molecule has 28 heavy (non-hydrogen) atoms. The highest BCUT2D eigenvalue weighted by Crippen LogP contribution is 2.38. The van der Waals surface area contributed by atoms with Gasteiger partial charge in [0.1, 0.15) is 12.5 Å². The molecule has 0 aliphatic carbocycles. The number of aliphatic imine (C=N–C) groups is 2. The van der Waals surface area contributed by atoms with Crippen molar-refractivity contribution < 1.29 is 0 Å². The molecule has 0 radical (unpaired) electrons. The second kappa shape index (κ2) is 9.05. The van der Waals surface area contributed by atoms with Gasteiger partial charge in [-0.15, -0.1) is 0 Å². The molecule has 1 unspecified atom stereocenters. The molecule has 1 aromatic rings. The van der Waals surface area contributed by atoms with Gasteiger partial charge < -0.3 is 9.80 Å². The van der Waals surface area contributed by atoms with E-state index in [1.165, 1.54) is 12.8 Å². The number of likely N-dealkylation sites (N-methyl/N-ethyl adjacent to an activating group) is 1. The zero-order valence-corrected chi connectivity index (χ0v) is 19.7.